The lowest BCUT2D eigenvalue weighted by Crippen LogP contribution is -1.98. The zero-order valence-electron chi connectivity index (χ0n) is 6.79. The predicted octanol–water partition coefficient (Wildman–Crippen LogP) is 1.15. The van der Waals surface area contributed by atoms with Crippen molar-refractivity contribution < 1.29 is 9.52 Å². The smallest absolute Gasteiger partial charge is 0.115 e. The van der Waals surface area contributed by atoms with Crippen LogP contribution in [-0.4, -0.2) is 15.1 Å². The highest BCUT2D eigenvalue weighted by Crippen LogP contribution is 2.19. The molecule has 1 N–H and O–H groups in total. The van der Waals surface area contributed by atoms with Crippen LogP contribution >= 0.6 is 0 Å². The van der Waals surface area contributed by atoms with Gasteiger partial charge in [-0.3, -0.25) is 0 Å². The molecule has 0 amide bonds. The van der Waals surface area contributed by atoms with Gasteiger partial charge in [-0.25, -0.2) is 9.97 Å². The third-order valence-corrected chi connectivity index (χ3v) is 1.76. The summed E-state index contributed by atoms with van der Waals surface area (Å²) in [5, 5.41) is 9.74. The van der Waals surface area contributed by atoms with Gasteiger partial charge >= 0.3 is 0 Å². The Morgan fingerprint density at radius 2 is 2.00 bits per heavy atom. The minimum atomic E-state index is -0.708. The van der Waals surface area contributed by atoms with Crippen LogP contribution in [0.25, 0.3) is 0 Å². The Bertz CT molecular complexity index is 358. The number of furan rings is 1. The van der Waals surface area contributed by atoms with Gasteiger partial charge in [0.1, 0.15) is 12.4 Å². The van der Waals surface area contributed by atoms with Gasteiger partial charge in [0.15, 0.2) is 0 Å². The lowest BCUT2D eigenvalue weighted by molar-refractivity contribution is 0.218. The van der Waals surface area contributed by atoms with E-state index in [1.54, 1.807) is 18.5 Å². The molecule has 0 aromatic carbocycles. The summed E-state index contributed by atoms with van der Waals surface area (Å²) in [6.07, 6.45) is 6.88. The summed E-state index contributed by atoms with van der Waals surface area (Å²) in [6.45, 7) is 0. The highest BCUT2D eigenvalue weighted by atomic mass is 16.3. The Balaban J connectivity index is 2.29. The monoisotopic (exact) mass is 176 g/mol. The van der Waals surface area contributed by atoms with Crippen LogP contribution < -0.4 is 0 Å². The van der Waals surface area contributed by atoms with Crippen molar-refractivity contribution in [1.82, 2.24) is 9.97 Å². The normalized spacial score (nSPS) is 12.7. The first-order chi connectivity index (χ1) is 6.38. The van der Waals surface area contributed by atoms with E-state index in [1.165, 1.54) is 18.9 Å². The molecule has 0 aliphatic rings. The molecule has 13 heavy (non-hydrogen) atoms. The minimum absolute atomic E-state index is 0.656. The summed E-state index contributed by atoms with van der Waals surface area (Å²) in [5.74, 6) is 0. The Hall–Kier alpha value is -1.68. The summed E-state index contributed by atoms with van der Waals surface area (Å²) in [5.41, 5.74) is 1.36. The van der Waals surface area contributed by atoms with E-state index in [0.29, 0.717) is 11.1 Å². The first-order valence-corrected chi connectivity index (χ1v) is 3.83. The van der Waals surface area contributed by atoms with Crippen LogP contribution in [0.3, 0.4) is 0 Å². The Morgan fingerprint density at radius 1 is 1.23 bits per heavy atom. The van der Waals surface area contributed by atoms with E-state index < -0.39 is 6.10 Å². The Morgan fingerprint density at radius 3 is 2.62 bits per heavy atom. The molecule has 2 aromatic heterocycles. The maximum Gasteiger partial charge on any atom is 0.115 e. The second-order valence-corrected chi connectivity index (χ2v) is 2.63. The number of aliphatic hydroxyl groups excluding tert-OH is 1. The van der Waals surface area contributed by atoms with Gasteiger partial charge in [-0.15, -0.1) is 0 Å². The average Bonchev–Trinajstić information content (AvgIpc) is 2.71. The molecule has 2 heterocycles. The molecule has 0 aliphatic heterocycles. The minimum Gasteiger partial charge on any atom is -0.472 e. The van der Waals surface area contributed by atoms with Crippen molar-refractivity contribution in [2.24, 2.45) is 0 Å². The number of hydrogen-bond donors (Lipinski definition) is 1. The van der Waals surface area contributed by atoms with Crippen molar-refractivity contribution in [2.45, 2.75) is 6.10 Å². The molecule has 4 heteroatoms. The molecule has 1 unspecified atom stereocenters. The second-order valence-electron chi connectivity index (χ2n) is 2.63. The first kappa shape index (κ1) is 7.94. The molecule has 0 bridgehead atoms. The number of aliphatic hydroxyl groups is 1. The number of nitrogens with zero attached hydrogens (tertiary/aromatic N) is 2. The summed E-state index contributed by atoms with van der Waals surface area (Å²) in [7, 11) is 0. The van der Waals surface area contributed by atoms with Crippen LogP contribution in [0.1, 0.15) is 17.2 Å². The summed E-state index contributed by atoms with van der Waals surface area (Å²) < 4.78 is 4.86. The maximum atomic E-state index is 9.74. The van der Waals surface area contributed by atoms with Crippen molar-refractivity contribution in [2.75, 3.05) is 0 Å². The standard InChI is InChI=1S/C9H8N2O2/c12-9(7-1-2-13-5-7)8-3-10-6-11-4-8/h1-6,9,12H. The zero-order chi connectivity index (χ0) is 9.10. The topological polar surface area (TPSA) is 59.2 Å². The highest BCUT2D eigenvalue weighted by molar-refractivity contribution is 5.22. The van der Waals surface area contributed by atoms with Gasteiger partial charge in [0.05, 0.1) is 12.5 Å². The number of rotatable bonds is 2. The third kappa shape index (κ3) is 1.57. The molecular formula is C9H8N2O2. The SMILES string of the molecule is OC(c1cncnc1)c1ccoc1. The molecule has 2 aromatic rings. The molecule has 66 valence electrons. The largest absolute Gasteiger partial charge is 0.472 e. The average molecular weight is 176 g/mol. The van der Waals surface area contributed by atoms with Crippen LogP contribution in [0, 0.1) is 0 Å². The molecule has 4 nitrogen and oxygen atoms in total. The van der Waals surface area contributed by atoms with Gasteiger partial charge in [-0.05, 0) is 6.07 Å². The molecular weight excluding hydrogens is 168 g/mol. The quantitative estimate of drug-likeness (QED) is 0.745. The summed E-state index contributed by atoms with van der Waals surface area (Å²) >= 11 is 0. The van der Waals surface area contributed by atoms with Crippen LogP contribution in [-0.2, 0) is 0 Å². The van der Waals surface area contributed by atoms with E-state index in [4.69, 9.17) is 4.42 Å². The number of hydrogen-bond acceptors (Lipinski definition) is 4. The van der Waals surface area contributed by atoms with Crippen molar-refractivity contribution in [3.05, 3.63) is 48.4 Å². The van der Waals surface area contributed by atoms with Gasteiger partial charge in [0.25, 0.3) is 0 Å². The lowest BCUT2D eigenvalue weighted by Gasteiger charge is -2.05. The van der Waals surface area contributed by atoms with Crippen molar-refractivity contribution >= 4 is 0 Å². The second kappa shape index (κ2) is 3.37. The zero-order valence-corrected chi connectivity index (χ0v) is 6.79. The van der Waals surface area contributed by atoms with Crippen LogP contribution in [0.2, 0.25) is 0 Å². The van der Waals surface area contributed by atoms with Crippen LogP contribution in [0.5, 0.6) is 0 Å². The van der Waals surface area contributed by atoms with E-state index in [-0.39, 0.29) is 0 Å². The summed E-state index contributed by atoms with van der Waals surface area (Å²) in [4.78, 5) is 7.63. The molecule has 2 rings (SSSR count). The van der Waals surface area contributed by atoms with Gasteiger partial charge in [-0.2, -0.15) is 0 Å². The van der Waals surface area contributed by atoms with Crippen molar-refractivity contribution in [1.29, 1.82) is 0 Å². The van der Waals surface area contributed by atoms with Gasteiger partial charge in [0, 0.05) is 23.5 Å². The fourth-order valence-corrected chi connectivity index (χ4v) is 1.07. The number of aromatic nitrogens is 2. The molecule has 0 aliphatic carbocycles. The van der Waals surface area contributed by atoms with Crippen molar-refractivity contribution in [3.63, 3.8) is 0 Å². The highest BCUT2D eigenvalue weighted by Gasteiger charge is 2.11. The van der Waals surface area contributed by atoms with Crippen LogP contribution in [0.15, 0.2) is 41.7 Å². The molecule has 0 spiro atoms. The molecule has 0 saturated carbocycles. The molecule has 0 radical (unpaired) electrons. The van der Waals surface area contributed by atoms with Gasteiger partial charge in [0.2, 0.25) is 0 Å². The van der Waals surface area contributed by atoms with E-state index in [9.17, 15) is 5.11 Å². The van der Waals surface area contributed by atoms with E-state index >= 15 is 0 Å². The van der Waals surface area contributed by atoms with Gasteiger partial charge in [-0.1, -0.05) is 0 Å². The van der Waals surface area contributed by atoms with E-state index in [0.717, 1.165) is 0 Å². The van der Waals surface area contributed by atoms with Crippen LogP contribution in [0.4, 0.5) is 0 Å². The predicted molar refractivity (Wildman–Crippen MR) is 44.8 cm³/mol. The Kier molecular flexibility index (Phi) is 2.06. The fraction of sp³-hybridized carbons (Fsp3) is 0.111. The fourth-order valence-electron chi connectivity index (χ4n) is 1.07. The maximum absolute atomic E-state index is 9.74. The van der Waals surface area contributed by atoms with Crippen molar-refractivity contribution in [3.8, 4) is 0 Å². The Labute approximate surface area is 74.9 Å². The third-order valence-electron chi connectivity index (χ3n) is 1.76. The summed E-state index contributed by atoms with van der Waals surface area (Å²) in [6, 6.07) is 1.71. The van der Waals surface area contributed by atoms with E-state index in [1.807, 2.05) is 0 Å². The van der Waals surface area contributed by atoms with E-state index in [2.05, 4.69) is 9.97 Å². The first-order valence-electron chi connectivity index (χ1n) is 3.83. The molecule has 0 saturated heterocycles. The lowest BCUT2D eigenvalue weighted by atomic mass is 10.1. The van der Waals surface area contributed by atoms with Gasteiger partial charge < -0.3 is 9.52 Å². The molecule has 1 atom stereocenters. The molecule has 0 fully saturated rings.